The molecule has 0 fully saturated rings. The summed E-state index contributed by atoms with van der Waals surface area (Å²) in [5.74, 6) is 1.63. The van der Waals surface area contributed by atoms with Crippen LogP contribution in [0.25, 0.3) is 11.1 Å². The van der Waals surface area contributed by atoms with Gasteiger partial charge in [0.1, 0.15) is 22.9 Å². The first-order valence-electron chi connectivity index (χ1n) is 10.1. The molecule has 0 saturated heterocycles. The third kappa shape index (κ3) is 4.97. The number of nitrogens with one attached hydrogen (secondary N) is 1. The van der Waals surface area contributed by atoms with E-state index >= 15 is 0 Å². The van der Waals surface area contributed by atoms with E-state index in [2.05, 4.69) is 10.1 Å². The number of guanidine groups is 1. The summed E-state index contributed by atoms with van der Waals surface area (Å²) < 4.78 is 54.0. The van der Waals surface area contributed by atoms with Gasteiger partial charge in [-0.05, 0) is 41.5 Å². The first-order valence-corrected chi connectivity index (χ1v) is 10.1. The summed E-state index contributed by atoms with van der Waals surface area (Å²) in [6.07, 6.45) is -4.72. The number of hydrogen-bond donors (Lipinski definition) is 2. The predicted molar refractivity (Wildman–Crippen MR) is 119 cm³/mol. The van der Waals surface area contributed by atoms with E-state index < -0.39 is 6.36 Å². The van der Waals surface area contributed by atoms with Crippen molar-refractivity contribution in [2.24, 2.45) is 5.73 Å². The number of methoxy groups -OCH3 is 2. The lowest BCUT2D eigenvalue weighted by atomic mass is 10.0. The second-order valence-corrected chi connectivity index (χ2v) is 7.45. The van der Waals surface area contributed by atoms with Crippen LogP contribution in [0.1, 0.15) is 11.1 Å². The fourth-order valence-corrected chi connectivity index (χ4v) is 3.78. The molecule has 0 bridgehead atoms. The zero-order chi connectivity index (χ0) is 23.6. The molecule has 0 aromatic heterocycles. The van der Waals surface area contributed by atoms with E-state index in [9.17, 15) is 13.2 Å². The summed E-state index contributed by atoms with van der Waals surface area (Å²) in [7, 11) is 3.22. The molecule has 3 aromatic rings. The van der Waals surface area contributed by atoms with Crippen LogP contribution in [0.5, 0.6) is 17.2 Å². The predicted octanol–water partition coefficient (Wildman–Crippen LogP) is 4.72. The number of halogens is 3. The number of benzene rings is 3. The molecule has 172 valence electrons. The number of rotatable bonds is 6. The molecule has 4 rings (SSSR count). The Morgan fingerprint density at radius 1 is 0.939 bits per heavy atom. The number of anilines is 1. The molecule has 3 aromatic carbocycles. The van der Waals surface area contributed by atoms with Crippen molar-refractivity contribution in [3.05, 3.63) is 71.8 Å². The minimum absolute atomic E-state index is 0.262. The molecule has 33 heavy (non-hydrogen) atoms. The molecule has 1 heterocycles. The van der Waals surface area contributed by atoms with E-state index in [-0.39, 0.29) is 5.75 Å². The van der Waals surface area contributed by atoms with Gasteiger partial charge in [0.15, 0.2) is 0 Å². The maximum atomic E-state index is 12.4. The number of hydrogen-bond acceptors (Lipinski definition) is 5. The van der Waals surface area contributed by atoms with Crippen molar-refractivity contribution >= 4 is 11.6 Å². The molecule has 0 atom stereocenters. The van der Waals surface area contributed by atoms with E-state index in [1.165, 1.54) is 12.1 Å². The van der Waals surface area contributed by atoms with Crippen LogP contribution >= 0.6 is 0 Å². The van der Waals surface area contributed by atoms with Crippen molar-refractivity contribution in [1.29, 1.82) is 0 Å². The second-order valence-electron chi connectivity index (χ2n) is 7.45. The maximum Gasteiger partial charge on any atom is 0.573 e. The number of nitrogens with zero attached hydrogens (tertiary/aromatic N) is 1. The molecule has 0 saturated carbocycles. The molecular formula is C24H23F3N3O3+. The van der Waals surface area contributed by atoms with E-state index in [1.807, 2.05) is 41.0 Å². The molecule has 0 aliphatic carbocycles. The molecular weight excluding hydrogens is 435 g/mol. The highest BCUT2D eigenvalue weighted by Crippen LogP contribution is 2.32. The molecule has 0 amide bonds. The van der Waals surface area contributed by atoms with Gasteiger partial charge < -0.3 is 14.2 Å². The zero-order valence-corrected chi connectivity index (χ0v) is 18.1. The molecule has 3 N–H and O–H groups in total. The summed E-state index contributed by atoms with van der Waals surface area (Å²) in [4.78, 5) is 0. The highest BCUT2D eigenvalue weighted by molar-refractivity contribution is 5.91. The van der Waals surface area contributed by atoms with Crippen LogP contribution < -0.4 is 25.3 Å². The van der Waals surface area contributed by atoms with Crippen LogP contribution in [0.15, 0.2) is 60.7 Å². The Morgan fingerprint density at radius 2 is 1.58 bits per heavy atom. The average Bonchev–Trinajstić information content (AvgIpc) is 2.78. The summed E-state index contributed by atoms with van der Waals surface area (Å²) in [6.45, 7) is 1.04. The molecule has 0 spiro atoms. The highest BCUT2D eigenvalue weighted by Gasteiger charge is 2.31. The normalized spacial score (nSPS) is 13.2. The molecule has 0 radical (unpaired) electrons. The van der Waals surface area contributed by atoms with Gasteiger partial charge in [0.05, 0.1) is 32.9 Å². The summed E-state index contributed by atoms with van der Waals surface area (Å²) >= 11 is 0. The maximum absolute atomic E-state index is 12.4. The second kappa shape index (κ2) is 8.93. The number of alkyl halides is 3. The minimum atomic E-state index is -4.72. The first-order chi connectivity index (χ1) is 15.8. The van der Waals surface area contributed by atoms with Crippen LogP contribution in [-0.4, -0.2) is 31.1 Å². The Morgan fingerprint density at radius 3 is 2.18 bits per heavy atom. The van der Waals surface area contributed by atoms with Gasteiger partial charge in [-0.15, -0.1) is 13.2 Å². The SMILES string of the molecule is COc1cccc(OC)c1C[N+]1=C(N)Nc2cc(-c3ccc(OC(F)(F)F)cc3)ccc2C1. The van der Waals surface area contributed by atoms with E-state index in [1.54, 1.807) is 26.4 Å². The molecule has 9 heteroatoms. The first kappa shape index (κ1) is 22.3. The largest absolute Gasteiger partial charge is 0.573 e. The molecule has 1 aliphatic heterocycles. The minimum Gasteiger partial charge on any atom is -0.496 e. The smallest absolute Gasteiger partial charge is 0.496 e. The summed E-state index contributed by atoms with van der Waals surface area (Å²) in [5, 5.41) is 3.22. The van der Waals surface area contributed by atoms with Crippen LogP contribution in [0.2, 0.25) is 0 Å². The number of fused-ring (bicyclic) bond motifs is 1. The molecule has 1 aliphatic rings. The van der Waals surface area contributed by atoms with Gasteiger partial charge in [0.2, 0.25) is 0 Å². The van der Waals surface area contributed by atoms with Crippen molar-refractivity contribution in [3.8, 4) is 28.4 Å². The fourth-order valence-electron chi connectivity index (χ4n) is 3.78. The highest BCUT2D eigenvalue weighted by atomic mass is 19.4. The van der Waals surface area contributed by atoms with Crippen LogP contribution in [0, 0.1) is 0 Å². The molecule has 0 unspecified atom stereocenters. The summed E-state index contributed by atoms with van der Waals surface area (Å²) in [6, 6.07) is 17.2. The van der Waals surface area contributed by atoms with E-state index in [0.717, 1.165) is 27.9 Å². The Labute approximate surface area is 189 Å². The Balaban J connectivity index is 1.56. The zero-order valence-electron chi connectivity index (χ0n) is 18.1. The monoisotopic (exact) mass is 458 g/mol. The standard InChI is InChI=1S/C24H22F3N3O3/c1-31-21-4-3-5-22(32-2)19(21)14-30-13-17-7-6-16(12-20(17)29-23(30)28)15-8-10-18(11-9-15)33-24(25,26)27/h3-12H,13-14H2,1-2H3,(H2,28,29)/p+1. The van der Waals surface area contributed by atoms with Crippen LogP contribution in [0.3, 0.4) is 0 Å². The third-order valence-electron chi connectivity index (χ3n) is 5.37. The topological polar surface area (TPSA) is 68.8 Å². The average molecular weight is 458 g/mol. The van der Waals surface area contributed by atoms with Gasteiger partial charge in [0.25, 0.3) is 0 Å². The van der Waals surface area contributed by atoms with Crippen molar-refractivity contribution in [2.75, 3.05) is 19.5 Å². The van der Waals surface area contributed by atoms with Gasteiger partial charge >= 0.3 is 12.3 Å². The van der Waals surface area contributed by atoms with Gasteiger partial charge in [-0.3, -0.25) is 10.3 Å². The lowest BCUT2D eigenvalue weighted by Crippen LogP contribution is -2.38. The van der Waals surface area contributed by atoms with Gasteiger partial charge in [-0.2, -0.15) is 0 Å². The lowest BCUT2D eigenvalue weighted by Gasteiger charge is -2.21. The molecule has 6 nitrogen and oxygen atoms in total. The summed E-state index contributed by atoms with van der Waals surface area (Å²) in [5.41, 5.74) is 10.7. The number of nitrogens with two attached hydrogens (primary N) is 1. The Bertz CT molecular complexity index is 1170. The van der Waals surface area contributed by atoms with Crippen molar-refractivity contribution in [2.45, 2.75) is 19.5 Å². The van der Waals surface area contributed by atoms with Crippen molar-refractivity contribution in [1.82, 2.24) is 0 Å². The van der Waals surface area contributed by atoms with E-state index in [4.69, 9.17) is 15.2 Å². The fraction of sp³-hybridized carbons (Fsp3) is 0.208. The van der Waals surface area contributed by atoms with Gasteiger partial charge in [-0.1, -0.05) is 30.3 Å². The van der Waals surface area contributed by atoms with Crippen LogP contribution in [-0.2, 0) is 13.1 Å². The number of ether oxygens (including phenoxy) is 3. The van der Waals surface area contributed by atoms with Gasteiger partial charge in [0, 0.05) is 5.56 Å². The lowest BCUT2D eigenvalue weighted by molar-refractivity contribution is -0.562. The Hall–Kier alpha value is -3.88. The van der Waals surface area contributed by atoms with Crippen molar-refractivity contribution in [3.63, 3.8) is 0 Å². The quantitative estimate of drug-likeness (QED) is 0.523. The van der Waals surface area contributed by atoms with Crippen molar-refractivity contribution < 1.29 is 32.0 Å². The van der Waals surface area contributed by atoms with Gasteiger partial charge in [-0.25, -0.2) is 5.32 Å². The third-order valence-corrected chi connectivity index (χ3v) is 5.37. The van der Waals surface area contributed by atoms with Crippen LogP contribution in [0.4, 0.5) is 18.9 Å². The van der Waals surface area contributed by atoms with E-state index in [0.29, 0.717) is 30.5 Å². The Kier molecular flexibility index (Phi) is 6.04.